The number of nitrogens with zero attached hydrogens (tertiary/aromatic N) is 3. The average molecular weight is 391 g/mol. The Kier molecular flexibility index (Phi) is 6.47. The summed E-state index contributed by atoms with van der Waals surface area (Å²) < 4.78 is 1.94. The summed E-state index contributed by atoms with van der Waals surface area (Å²) in [6.07, 6.45) is 5.27. The number of carbonyl (C=O) groups is 1. The van der Waals surface area contributed by atoms with E-state index in [0.717, 1.165) is 24.2 Å². The number of aliphatic imine (C=N–C) groups is 1. The number of carboxylic acid groups (broad SMARTS) is 1. The van der Waals surface area contributed by atoms with Crippen molar-refractivity contribution in [2.45, 2.75) is 38.3 Å². The van der Waals surface area contributed by atoms with Gasteiger partial charge in [0.05, 0.1) is 25.1 Å². The Hall–Kier alpha value is -2.38. The molecule has 1 aliphatic rings. The number of hydrogen-bond donors (Lipinski definition) is 3. The molecule has 0 amide bonds. The lowest BCUT2D eigenvalue weighted by molar-refractivity contribution is -0.142. The number of imidazole rings is 1. The maximum atomic E-state index is 11.6. The minimum absolute atomic E-state index is 0.294. The van der Waals surface area contributed by atoms with E-state index in [2.05, 4.69) is 15.3 Å². The van der Waals surface area contributed by atoms with Crippen molar-refractivity contribution in [1.82, 2.24) is 9.55 Å². The molecule has 2 heterocycles. The van der Waals surface area contributed by atoms with Crippen molar-refractivity contribution in [3.63, 3.8) is 0 Å². The third-order valence-corrected chi connectivity index (χ3v) is 4.95. The quantitative estimate of drug-likeness (QED) is 0.601. The fraction of sp³-hybridized carbons (Fsp3) is 0.421. The monoisotopic (exact) mass is 390 g/mol. The lowest BCUT2D eigenvalue weighted by atomic mass is 9.94. The van der Waals surface area contributed by atoms with Crippen LogP contribution in [0.4, 0.5) is 5.82 Å². The SMILES string of the molecule is O=C(O)C(CCCCn1cnc2c1NC=NCC2O)Cc1ccc(Cl)cc1. The molecule has 1 aromatic carbocycles. The van der Waals surface area contributed by atoms with Crippen LogP contribution in [0.15, 0.2) is 35.6 Å². The zero-order chi connectivity index (χ0) is 19.2. The van der Waals surface area contributed by atoms with Crippen molar-refractivity contribution in [3.05, 3.63) is 46.9 Å². The molecule has 0 aliphatic carbocycles. The third kappa shape index (κ3) is 5.08. The summed E-state index contributed by atoms with van der Waals surface area (Å²) in [5.41, 5.74) is 1.57. The van der Waals surface area contributed by atoms with Crippen LogP contribution in [0, 0.1) is 5.92 Å². The van der Waals surface area contributed by atoms with Gasteiger partial charge >= 0.3 is 5.97 Å². The summed E-state index contributed by atoms with van der Waals surface area (Å²) in [6, 6.07) is 7.31. The molecule has 3 N–H and O–H groups in total. The molecule has 1 aliphatic heterocycles. The normalized spacial score (nSPS) is 17.0. The Morgan fingerprint density at radius 2 is 2.11 bits per heavy atom. The first-order valence-corrected chi connectivity index (χ1v) is 9.37. The standard InChI is InChI=1S/C19H23ClN4O3/c20-15-6-4-13(5-7-15)9-14(19(26)27)3-1-2-8-24-12-23-17-16(25)10-21-11-22-18(17)24/h4-7,11-12,14,16,25H,1-3,8-10H2,(H,21,22)(H,26,27). The zero-order valence-corrected chi connectivity index (χ0v) is 15.6. The predicted octanol–water partition coefficient (Wildman–Crippen LogP) is 3.14. The van der Waals surface area contributed by atoms with Crippen molar-refractivity contribution in [2.24, 2.45) is 10.9 Å². The minimum atomic E-state index is -0.776. The molecule has 0 bridgehead atoms. The summed E-state index contributed by atoms with van der Waals surface area (Å²) in [6.45, 7) is 0.991. The molecule has 3 rings (SSSR count). The Morgan fingerprint density at radius 1 is 1.33 bits per heavy atom. The number of halogens is 1. The fourth-order valence-corrected chi connectivity index (χ4v) is 3.33. The predicted molar refractivity (Wildman–Crippen MR) is 104 cm³/mol. The molecular weight excluding hydrogens is 368 g/mol. The molecule has 2 aromatic rings. The van der Waals surface area contributed by atoms with Crippen LogP contribution in [0.2, 0.25) is 5.02 Å². The maximum Gasteiger partial charge on any atom is 0.306 e. The van der Waals surface area contributed by atoms with Crippen molar-refractivity contribution in [2.75, 3.05) is 11.9 Å². The molecule has 0 saturated heterocycles. The van der Waals surface area contributed by atoms with Gasteiger partial charge in [-0.2, -0.15) is 0 Å². The number of nitrogens with one attached hydrogen (secondary N) is 1. The van der Waals surface area contributed by atoms with E-state index in [4.69, 9.17) is 11.6 Å². The smallest absolute Gasteiger partial charge is 0.306 e. The molecule has 7 nitrogen and oxygen atoms in total. The van der Waals surface area contributed by atoms with Crippen LogP contribution in [0.5, 0.6) is 0 Å². The van der Waals surface area contributed by atoms with Crippen LogP contribution in [0.25, 0.3) is 0 Å². The Balaban J connectivity index is 1.52. The van der Waals surface area contributed by atoms with Gasteiger partial charge in [0.1, 0.15) is 17.6 Å². The molecule has 0 spiro atoms. The fourth-order valence-electron chi connectivity index (χ4n) is 3.20. The van der Waals surface area contributed by atoms with Gasteiger partial charge in [-0.25, -0.2) is 4.98 Å². The summed E-state index contributed by atoms with van der Waals surface area (Å²) in [5, 5.41) is 23.2. The molecule has 0 radical (unpaired) electrons. The van der Waals surface area contributed by atoms with Crippen molar-refractivity contribution >= 4 is 29.7 Å². The molecule has 1 aromatic heterocycles. The van der Waals surface area contributed by atoms with Crippen molar-refractivity contribution in [3.8, 4) is 0 Å². The molecule has 2 atom stereocenters. The summed E-state index contributed by atoms with van der Waals surface area (Å²) in [7, 11) is 0. The van der Waals surface area contributed by atoms with E-state index in [-0.39, 0.29) is 0 Å². The van der Waals surface area contributed by atoms with Crippen molar-refractivity contribution < 1.29 is 15.0 Å². The van der Waals surface area contributed by atoms with E-state index in [9.17, 15) is 15.0 Å². The number of aromatic nitrogens is 2. The number of benzene rings is 1. The first-order chi connectivity index (χ1) is 13.0. The lowest BCUT2D eigenvalue weighted by Gasteiger charge is -2.13. The van der Waals surface area contributed by atoms with Gasteiger partial charge in [0.2, 0.25) is 0 Å². The number of aliphatic hydroxyl groups is 1. The third-order valence-electron chi connectivity index (χ3n) is 4.70. The van der Waals surface area contributed by atoms with E-state index in [1.807, 2.05) is 16.7 Å². The van der Waals surface area contributed by atoms with Gasteiger partial charge in [0, 0.05) is 11.6 Å². The number of fused-ring (bicyclic) bond motifs is 1. The largest absolute Gasteiger partial charge is 0.481 e. The molecule has 2 unspecified atom stereocenters. The van der Waals surface area contributed by atoms with Crippen LogP contribution < -0.4 is 5.32 Å². The zero-order valence-electron chi connectivity index (χ0n) is 14.9. The number of anilines is 1. The summed E-state index contributed by atoms with van der Waals surface area (Å²) in [5.74, 6) is -0.444. The Bertz CT molecular complexity index is 804. The molecule has 27 heavy (non-hydrogen) atoms. The van der Waals surface area contributed by atoms with Gasteiger partial charge in [0.15, 0.2) is 0 Å². The molecule has 144 valence electrons. The lowest BCUT2D eigenvalue weighted by Crippen LogP contribution is -2.16. The van der Waals surface area contributed by atoms with Crippen molar-refractivity contribution in [1.29, 1.82) is 0 Å². The van der Waals surface area contributed by atoms with Gasteiger partial charge in [0.25, 0.3) is 0 Å². The number of rotatable bonds is 8. The second-order valence-corrected chi connectivity index (χ2v) is 7.12. The first kappa shape index (κ1) is 19.4. The number of aryl methyl sites for hydroxylation is 1. The first-order valence-electron chi connectivity index (χ1n) is 8.99. The van der Waals surface area contributed by atoms with Gasteiger partial charge in [-0.1, -0.05) is 30.2 Å². The molecule has 8 heteroatoms. The van der Waals surface area contributed by atoms with Gasteiger partial charge in [-0.05, 0) is 37.0 Å². The average Bonchev–Trinajstić information content (AvgIpc) is 2.96. The second kappa shape index (κ2) is 9.01. The van der Waals surface area contributed by atoms with Gasteiger partial charge < -0.3 is 20.1 Å². The van der Waals surface area contributed by atoms with Crippen LogP contribution >= 0.6 is 11.6 Å². The van der Waals surface area contributed by atoms with Gasteiger partial charge in [-0.3, -0.25) is 9.79 Å². The van der Waals surface area contributed by atoms with E-state index >= 15 is 0 Å². The van der Waals surface area contributed by atoms with Crippen LogP contribution in [-0.4, -0.2) is 38.6 Å². The van der Waals surface area contributed by atoms with E-state index in [1.165, 1.54) is 0 Å². The molecular formula is C19H23ClN4O3. The van der Waals surface area contributed by atoms with Crippen LogP contribution in [-0.2, 0) is 17.8 Å². The molecule has 0 saturated carbocycles. The van der Waals surface area contributed by atoms with E-state index < -0.39 is 18.0 Å². The van der Waals surface area contributed by atoms with Crippen LogP contribution in [0.3, 0.4) is 0 Å². The van der Waals surface area contributed by atoms with Crippen LogP contribution in [0.1, 0.15) is 36.6 Å². The topological polar surface area (TPSA) is 99.7 Å². The Labute approximate surface area is 162 Å². The maximum absolute atomic E-state index is 11.6. The highest BCUT2D eigenvalue weighted by Gasteiger charge is 2.20. The highest BCUT2D eigenvalue weighted by molar-refractivity contribution is 6.30. The Morgan fingerprint density at radius 3 is 2.85 bits per heavy atom. The highest BCUT2D eigenvalue weighted by Crippen LogP contribution is 2.24. The van der Waals surface area contributed by atoms with E-state index in [1.54, 1.807) is 24.8 Å². The number of carboxylic acids is 1. The van der Waals surface area contributed by atoms with E-state index in [0.29, 0.717) is 36.6 Å². The summed E-state index contributed by atoms with van der Waals surface area (Å²) >= 11 is 5.88. The number of aliphatic hydroxyl groups excluding tert-OH is 1. The second-order valence-electron chi connectivity index (χ2n) is 6.69. The number of aliphatic carboxylic acids is 1. The highest BCUT2D eigenvalue weighted by atomic mass is 35.5. The molecule has 0 fully saturated rings. The minimum Gasteiger partial charge on any atom is -0.481 e. The van der Waals surface area contributed by atoms with Gasteiger partial charge in [-0.15, -0.1) is 0 Å². The number of hydrogen-bond acceptors (Lipinski definition) is 5. The summed E-state index contributed by atoms with van der Waals surface area (Å²) in [4.78, 5) is 19.9. The number of unbranched alkanes of at least 4 members (excludes halogenated alkanes) is 1.